The summed E-state index contributed by atoms with van der Waals surface area (Å²) in [5.41, 5.74) is 3.18. The smallest absolute Gasteiger partial charge is 0.239 e. The van der Waals surface area contributed by atoms with Crippen molar-refractivity contribution in [3.05, 3.63) is 59.7 Å². The molecule has 0 saturated heterocycles. The molecule has 1 amide bonds. The third-order valence-corrected chi connectivity index (χ3v) is 4.40. The maximum absolute atomic E-state index is 12.1. The fourth-order valence-corrected chi connectivity index (χ4v) is 2.88. The predicted octanol–water partition coefficient (Wildman–Crippen LogP) is 2.93. The summed E-state index contributed by atoms with van der Waals surface area (Å²) in [7, 11) is 1.68. The molecule has 2 N–H and O–H groups in total. The number of nitrogens with one attached hydrogen (secondary N) is 2. The number of methoxy groups -OCH3 is 1. The van der Waals surface area contributed by atoms with Crippen molar-refractivity contribution >= 4 is 11.6 Å². The summed E-state index contributed by atoms with van der Waals surface area (Å²) in [6.45, 7) is 2.73. The molecule has 132 valence electrons. The lowest BCUT2D eigenvalue weighted by Crippen LogP contribution is -2.37. The van der Waals surface area contributed by atoms with E-state index in [-0.39, 0.29) is 24.7 Å². The minimum Gasteiger partial charge on any atom is -0.488 e. The van der Waals surface area contributed by atoms with Gasteiger partial charge in [-0.25, -0.2) is 0 Å². The molecule has 0 saturated carbocycles. The highest BCUT2D eigenvalue weighted by Gasteiger charge is 2.22. The Bertz CT molecular complexity index is 707. The van der Waals surface area contributed by atoms with Gasteiger partial charge in [-0.1, -0.05) is 30.3 Å². The second-order valence-corrected chi connectivity index (χ2v) is 6.21. The van der Waals surface area contributed by atoms with Crippen molar-refractivity contribution in [2.24, 2.45) is 0 Å². The van der Waals surface area contributed by atoms with Gasteiger partial charge in [0.05, 0.1) is 19.2 Å². The van der Waals surface area contributed by atoms with Crippen LogP contribution in [0.4, 0.5) is 5.69 Å². The average molecular weight is 340 g/mol. The van der Waals surface area contributed by atoms with Crippen LogP contribution in [0.1, 0.15) is 24.2 Å². The van der Waals surface area contributed by atoms with E-state index >= 15 is 0 Å². The lowest BCUT2D eigenvalue weighted by Gasteiger charge is -2.14. The number of hydrogen-bond acceptors (Lipinski definition) is 4. The maximum Gasteiger partial charge on any atom is 0.239 e. The number of fused-ring (bicyclic) bond motifs is 1. The van der Waals surface area contributed by atoms with Crippen LogP contribution in [-0.4, -0.2) is 32.2 Å². The zero-order chi connectivity index (χ0) is 17.6. The number of carbonyl (C=O) groups excluding carboxylic acids is 1. The van der Waals surface area contributed by atoms with Crippen molar-refractivity contribution in [1.82, 2.24) is 5.32 Å². The van der Waals surface area contributed by atoms with E-state index in [1.54, 1.807) is 7.11 Å². The normalized spacial score (nSPS) is 16.6. The van der Waals surface area contributed by atoms with Crippen LogP contribution in [0.2, 0.25) is 0 Å². The lowest BCUT2D eigenvalue weighted by atomic mass is 10.1. The number of ether oxygens (including phenoxy) is 2. The molecule has 0 radical (unpaired) electrons. The second-order valence-electron chi connectivity index (χ2n) is 6.21. The van der Waals surface area contributed by atoms with Crippen LogP contribution >= 0.6 is 0 Å². The summed E-state index contributed by atoms with van der Waals surface area (Å²) >= 11 is 0. The first-order valence-corrected chi connectivity index (χ1v) is 8.53. The molecular formula is C20H24N2O3. The van der Waals surface area contributed by atoms with E-state index in [1.165, 1.54) is 5.56 Å². The Balaban J connectivity index is 1.43. The Morgan fingerprint density at radius 3 is 2.92 bits per heavy atom. The molecule has 2 atom stereocenters. The van der Waals surface area contributed by atoms with E-state index in [9.17, 15) is 4.79 Å². The van der Waals surface area contributed by atoms with Crippen molar-refractivity contribution < 1.29 is 14.3 Å². The number of amides is 1. The first kappa shape index (κ1) is 17.3. The monoisotopic (exact) mass is 340 g/mol. The maximum atomic E-state index is 12.1. The molecule has 5 heteroatoms. The molecule has 2 aromatic carbocycles. The Kier molecular flexibility index (Phi) is 5.56. The number of benzene rings is 2. The Hall–Kier alpha value is -2.53. The molecule has 0 unspecified atom stereocenters. The fraction of sp³-hybridized carbons (Fsp3) is 0.350. The number of hydrogen-bond donors (Lipinski definition) is 2. The Morgan fingerprint density at radius 1 is 1.28 bits per heavy atom. The van der Waals surface area contributed by atoms with Crippen LogP contribution in [0, 0.1) is 0 Å². The second kappa shape index (κ2) is 8.03. The van der Waals surface area contributed by atoms with Gasteiger partial charge in [0.1, 0.15) is 11.9 Å². The lowest BCUT2D eigenvalue weighted by molar-refractivity contribution is -0.119. The van der Waals surface area contributed by atoms with Crippen LogP contribution in [0.25, 0.3) is 0 Å². The molecule has 3 rings (SSSR count). The van der Waals surface area contributed by atoms with Gasteiger partial charge in [0, 0.05) is 19.2 Å². The zero-order valence-corrected chi connectivity index (χ0v) is 14.6. The van der Waals surface area contributed by atoms with E-state index in [2.05, 4.69) is 16.7 Å². The van der Waals surface area contributed by atoms with E-state index in [1.807, 2.05) is 49.4 Å². The number of carbonyl (C=O) groups is 1. The van der Waals surface area contributed by atoms with E-state index in [0.29, 0.717) is 6.54 Å². The van der Waals surface area contributed by atoms with Crippen LogP contribution in [-0.2, 0) is 16.0 Å². The molecule has 0 spiro atoms. The van der Waals surface area contributed by atoms with Crippen molar-refractivity contribution in [3.63, 3.8) is 0 Å². The molecular weight excluding hydrogens is 316 g/mol. The van der Waals surface area contributed by atoms with Gasteiger partial charge in [-0.15, -0.1) is 0 Å². The Morgan fingerprint density at radius 2 is 2.12 bits per heavy atom. The van der Waals surface area contributed by atoms with E-state index in [4.69, 9.17) is 9.47 Å². The van der Waals surface area contributed by atoms with E-state index < -0.39 is 0 Å². The van der Waals surface area contributed by atoms with Gasteiger partial charge in [0.2, 0.25) is 5.91 Å². The summed E-state index contributed by atoms with van der Waals surface area (Å²) in [5, 5.41) is 6.08. The summed E-state index contributed by atoms with van der Waals surface area (Å²) in [6, 6.07) is 15.9. The molecule has 1 aliphatic heterocycles. The summed E-state index contributed by atoms with van der Waals surface area (Å²) in [4.78, 5) is 12.1. The van der Waals surface area contributed by atoms with Gasteiger partial charge in [-0.3, -0.25) is 4.79 Å². The zero-order valence-electron chi connectivity index (χ0n) is 14.6. The predicted molar refractivity (Wildman–Crippen MR) is 97.9 cm³/mol. The fourth-order valence-electron chi connectivity index (χ4n) is 2.88. The molecule has 0 aromatic heterocycles. The van der Waals surface area contributed by atoms with Gasteiger partial charge >= 0.3 is 0 Å². The quantitative estimate of drug-likeness (QED) is 0.814. The average Bonchev–Trinajstić information content (AvgIpc) is 3.07. The number of rotatable bonds is 7. The first-order chi connectivity index (χ1) is 12.2. The van der Waals surface area contributed by atoms with Gasteiger partial charge in [0.25, 0.3) is 0 Å². The van der Waals surface area contributed by atoms with Gasteiger partial charge in [-0.05, 0) is 36.2 Å². The largest absolute Gasteiger partial charge is 0.488 e. The molecule has 1 heterocycles. The topological polar surface area (TPSA) is 59.6 Å². The van der Waals surface area contributed by atoms with Crippen LogP contribution in [0.3, 0.4) is 0 Å². The number of anilines is 1. The highest BCUT2D eigenvalue weighted by Crippen LogP contribution is 2.27. The third-order valence-electron chi connectivity index (χ3n) is 4.40. The summed E-state index contributed by atoms with van der Waals surface area (Å²) < 4.78 is 11.1. The molecule has 2 aromatic rings. The molecule has 0 bridgehead atoms. The molecule has 25 heavy (non-hydrogen) atoms. The summed E-state index contributed by atoms with van der Waals surface area (Å²) in [5.74, 6) is 0.869. The standard InChI is InChI=1S/C20H24N2O3/c1-14(24-2)15-7-5-8-17(10-15)21-13-20(23)22-12-18-11-16-6-3-4-9-19(16)25-18/h3-10,14,18,21H,11-13H2,1-2H3,(H,22,23)/t14-,18+/m1/s1. The van der Waals surface area contributed by atoms with Crippen LogP contribution in [0.15, 0.2) is 48.5 Å². The highest BCUT2D eigenvalue weighted by molar-refractivity contribution is 5.80. The molecule has 0 fully saturated rings. The van der Waals surface area contributed by atoms with Crippen LogP contribution in [0.5, 0.6) is 5.75 Å². The van der Waals surface area contributed by atoms with Gasteiger partial charge < -0.3 is 20.1 Å². The SMILES string of the molecule is CO[C@H](C)c1cccc(NCC(=O)NC[C@@H]2Cc3ccccc3O2)c1. The van der Waals surface area contributed by atoms with E-state index in [0.717, 1.165) is 23.4 Å². The third kappa shape index (κ3) is 4.51. The first-order valence-electron chi connectivity index (χ1n) is 8.53. The van der Waals surface area contributed by atoms with Crippen molar-refractivity contribution in [3.8, 4) is 5.75 Å². The molecule has 5 nitrogen and oxygen atoms in total. The molecule has 1 aliphatic rings. The minimum absolute atomic E-state index is 0.00669. The minimum atomic E-state index is -0.0512. The van der Waals surface area contributed by atoms with Crippen molar-refractivity contribution in [2.45, 2.75) is 25.6 Å². The van der Waals surface area contributed by atoms with Gasteiger partial charge in [0.15, 0.2) is 0 Å². The van der Waals surface area contributed by atoms with Crippen LogP contribution < -0.4 is 15.4 Å². The van der Waals surface area contributed by atoms with Crippen molar-refractivity contribution in [1.29, 1.82) is 0 Å². The molecule has 0 aliphatic carbocycles. The summed E-state index contributed by atoms with van der Waals surface area (Å²) in [6.07, 6.45) is 0.866. The van der Waals surface area contributed by atoms with Gasteiger partial charge in [-0.2, -0.15) is 0 Å². The highest BCUT2D eigenvalue weighted by atomic mass is 16.5. The Labute approximate surface area is 148 Å². The number of para-hydroxylation sites is 1. The van der Waals surface area contributed by atoms with Crippen molar-refractivity contribution in [2.75, 3.05) is 25.5 Å².